The number of aromatic nitrogens is 2. The molecule has 0 atom stereocenters. The number of benzene rings is 1. The fourth-order valence-electron chi connectivity index (χ4n) is 1.64. The minimum absolute atomic E-state index is 0.545. The lowest BCUT2D eigenvalue weighted by Crippen LogP contribution is -1.83. The number of nitrogens with zero attached hydrogens (tertiary/aromatic N) is 3. The summed E-state index contributed by atoms with van der Waals surface area (Å²) in [6, 6.07) is 11.2. The molecule has 0 bridgehead atoms. The number of nitrogen functional groups attached to an aromatic ring is 1. The molecule has 0 unspecified atom stereocenters. The fraction of sp³-hybridized carbons (Fsp3) is 0. The molecule has 0 radical (unpaired) electrons. The van der Waals surface area contributed by atoms with Crippen molar-refractivity contribution in [3.8, 4) is 16.8 Å². The highest BCUT2D eigenvalue weighted by Gasteiger charge is 2.07. The molecule has 0 amide bonds. The van der Waals surface area contributed by atoms with E-state index in [1.54, 1.807) is 29.7 Å². The van der Waals surface area contributed by atoms with Gasteiger partial charge in [-0.1, -0.05) is 0 Å². The Labute approximate surface area is 107 Å². The zero-order chi connectivity index (χ0) is 12.5. The summed E-state index contributed by atoms with van der Waals surface area (Å²) in [5.74, 6) is 0. The van der Waals surface area contributed by atoms with Gasteiger partial charge in [0.25, 0.3) is 0 Å². The van der Waals surface area contributed by atoms with Gasteiger partial charge >= 0.3 is 0 Å². The second kappa shape index (κ2) is 4.09. The van der Waals surface area contributed by atoms with E-state index in [1.165, 1.54) is 0 Å². The van der Waals surface area contributed by atoms with Crippen molar-refractivity contribution < 1.29 is 0 Å². The van der Waals surface area contributed by atoms with Crippen LogP contribution in [0.5, 0.6) is 0 Å². The van der Waals surface area contributed by atoms with Gasteiger partial charge in [0.15, 0.2) is 0 Å². The second-order valence-corrected chi connectivity index (χ2v) is 4.82. The maximum atomic E-state index is 8.73. The van der Waals surface area contributed by atoms with Gasteiger partial charge in [-0.2, -0.15) is 5.26 Å². The summed E-state index contributed by atoms with van der Waals surface area (Å²) in [6.07, 6.45) is 1.55. The van der Waals surface area contributed by atoms with Gasteiger partial charge in [-0.15, -0.1) is 11.3 Å². The van der Waals surface area contributed by atoms with E-state index in [4.69, 9.17) is 11.0 Å². The molecule has 0 saturated carbocycles. The van der Waals surface area contributed by atoms with Crippen molar-refractivity contribution in [2.24, 2.45) is 0 Å². The van der Waals surface area contributed by atoms with E-state index < -0.39 is 0 Å². The molecule has 2 N–H and O–H groups in total. The minimum Gasteiger partial charge on any atom is -0.399 e. The molecule has 3 aromatic rings. The lowest BCUT2D eigenvalue weighted by Gasteiger charge is -1.93. The van der Waals surface area contributed by atoms with E-state index >= 15 is 0 Å². The summed E-state index contributed by atoms with van der Waals surface area (Å²) >= 11 is 1.54. The van der Waals surface area contributed by atoms with E-state index in [2.05, 4.69) is 9.97 Å². The number of pyridine rings is 1. The van der Waals surface area contributed by atoms with Crippen LogP contribution in [0.25, 0.3) is 20.9 Å². The Hall–Kier alpha value is -2.45. The first-order chi connectivity index (χ1) is 8.76. The van der Waals surface area contributed by atoms with Gasteiger partial charge in [0.05, 0.1) is 21.5 Å². The Morgan fingerprint density at radius 1 is 1.22 bits per heavy atom. The first-order valence-electron chi connectivity index (χ1n) is 5.29. The normalized spacial score (nSPS) is 10.4. The number of fused-ring (bicyclic) bond motifs is 1. The maximum Gasteiger partial charge on any atom is 0.143 e. The highest BCUT2D eigenvalue weighted by molar-refractivity contribution is 7.21. The predicted molar refractivity (Wildman–Crippen MR) is 72.0 cm³/mol. The highest BCUT2D eigenvalue weighted by Crippen LogP contribution is 2.30. The van der Waals surface area contributed by atoms with Crippen LogP contribution in [0.4, 0.5) is 5.69 Å². The average Bonchev–Trinajstić information content (AvgIpc) is 2.81. The molecular weight excluding hydrogens is 244 g/mol. The van der Waals surface area contributed by atoms with Crippen molar-refractivity contribution in [2.75, 3.05) is 5.73 Å². The molecule has 3 rings (SSSR count). The number of hydrogen-bond donors (Lipinski definition) is 1. The monoisotopic (exact) mass is 252 g/mol. The SMILES string of the molecule is N#Cc1ccc(-c2nc3ccc(N)cc3s2)nc1. The molecule has 1 aromatic carbocycles. The highest BCUT2D eigenvalue weighted by atomic mass is 32.1. The number of nitriles is 1. The smallest absolute Gasteiger partial charge is 0.143 e. The Morgan fingerprint density at radius 3 is 2.83 bits per heavy atom. The number of thiazole rings is 1. The van der Waals surface area contributed by atoms with Crippen molar-refractivity contribution >= 4 is 27.2 Å². The van der Waals surface area contributed by atoms with E-state index in [9.17, 15) is 0 Å². The summed E-state index contributed by atoms with van der Waals surface area (Å²) in [4.78, 5) is 8.73. The van der Waals surface area contributed by atoms with Crippen LogP contribution in [0.2, 0.25) is 0 Å². The summed E-state index contributed by atoms with van der Waals surface area (Å²) in [7, 11) is 0. The van der Waals surface area contributed by atoms with E-state index in [0.717, 1.165) is 26.6 Å². The molecule has 0 spiro atoms. The van der Waals surface area contributed by atoms with Gasteiger partial charge in [0.1, 0.15) is 11.1 Å². The van der Waals surface area contributed by atoms with Gasteiger partial charge in [0, 0.05) is 11.9 Å². The summed E-state index contributed by atoms with van der Waals surface area (Å²) in [5, 5.41) is 9.56. The first kappa shape index (κ1) is 10.7. The third-order valence-electron chi connectivity index (χ3n) is 2.52. The predicted octanol–water partition coefficient (Wildman–Crippen LogP) is 2.81. The topological polar surface area (TPSA) is 75.6 Å². The van der Waals surface area contributed by atoms with Gasteiger partial charge in [-0.3, -0.25) is 4.98 Å². The molecule has 5 heteroatoms. The van der Waals surface area contributed by atoms with Crippen molar-refractivity contribution in [3.63, 3.8) is 0 Å². The quantitative estimate of drug-likeness (QED) is 0.676. The van der Waals surface area contributed by atoms with Crippen LogP contribution < -0.4 is 5.73 Å². The zero-order valence-electron chi connectivity index (χ0n) is 9.29. The molecule has 18 heavy (non-hydrogen) atoms. The first-order valence-corrected chi connectivity index (χ1v) is 6.10. The van der Waals surface area contributed by atoms with Gasteiger partial charge in [-0.05, 0) is 30.3 Å². The number of anilines is 1. The van der Waals surface area contributed by atoms with Crippen LogP contribution >= 0.6 is 11.3 Å². The Morgan fingerprint density at radius 2 is 2.11 bits per heavy atom. The van der Waals surface area contributed by atoms with Gasteiger partial charge in [0.2, 0.25) is 0 Å². The molecule has 0 aliphatic heterocycles. The van der Waals surface area contributed by atoms with Crippen LogP contribution in [0.15, 0.2) is 36.5 Å². The van der Waals surface area contributed by atoms with Crippen molar-refractivity contribution in [1.29, 1.82) is 5.26 Å². The van der Waals surface area contributed by atoms with Crippen LogP contribution in [0, 0.1) is 11.3 Å². The third kappa shape index (κ3) is 1.79. The largest absolute Gasteiger partial charge is 0.399 e. The standard InChI is InChI=1S/C13H8N4S/c14-6-8-1-3-11(16-7-8)13-17-10-4-2-9(15)5-12(10)18-13/h1-5,7H,15H2. The van der Waals surface area contributed by atoms with Crippen LogP contribution in [0.1, 0.15) is 5.56 Å². The molecule has 0 aliphatic carbocycles. The molecule has 0 aliphatic rings. The van der Waals surface area contributed by atoms with Crippen LogP contribution in [-0.4, -0.2) is 9.97 Å². The van der Waals surface area contributed by atoms with Crippen molar-refractivity contribution in [2.45, 2.75) is 0 Å². The number of rotatable bonds is 1. The summed E-state index contributed by atoms with van der Waals surface area (Å²) in [5.41, 5.74) is 8.69. The molecule has 2 heterocycles. The van der Waals surface area contributed by atoms with Gasteiger partial charge in [-0.25, -0.2) is 4.98 Å². The fourth-order valence-corrected chi connectivity index (χ4v) is 2.63. The van der Waals surface area contributed by atoms with Gasteiger partial charge < -0.3 is 5.73 Å². The van der Waals surface area contributed by atoms with Crippen molar-refractivity contribution in [1.82, 2.24) is 9.97 Å². The molecule has 4 nitrogen and oxygen atoms in total. The third-order valence-corrected chi connectivity index (χ3v) is 3.56. The van der Waals surface area contributed by atoms with E-state index in [1.807, 2.05) is 24.3 Å². The zero-order valence-corrected chi connectivity index (χ0v) is 10.1. The second-order valence-electron chi connectivity index (χ2n) is 3.79. The summed E-state index contributed by atoms with van der Waals surface area (Å²) in [6.45, 7) is 0. The van der Waals surface area contributed by atoms with Crippen LogP contribution in [0.3, 0.4) is 0 Å². The van der Waals surface area contributed by atoms with Crippen LogP contribution in [-0.2, 0) is 0 Å². The maximum absolute atomic E-state index is 8.73. The number of hydrogen-bond acceptors (Lipinski definition) is 5. The molecule has 0 fully saturated rings. The Kier molecular flexibility index (Phi) is 2.43. The van der Waals surface area contributed by atoms with E-state index in [-0.39, 0.29) is 0 Å². The molecular formula is C13H8N4S. The van der Waals surface area contributed by atoms with E-state index in [0.29, 0.717) is 5.56 Å². The number of nitrogens with two attached hydrogens (primary N) is 1. The Bertz CT molecular complexity index is 753. The molecule has 86 valence electrons. The minimum atomic E-state index is 0.545. The molecule has 0 saturated heterocycles. The Balaban J connectivity index is 2.10. The average molecular weight is 252 g/mol. The molecule has 2 aromatic heterocycles. The lowest BCUT2D eigenvalue weighted by atomic mass is 10.3. The lowest BCUT2D eigenvalue weighted by molar-refractivity contribution is 1.29. The van der Waals surface area contributed by atoms with Crippen molar-refractivity contribution in [3.05, 3.63) is 42.1 Å². The summed E-state index contributed by atoms with van der Waals surface area (Å²) < 4.78 is 1.04.